The predicted octanol–water partition coefficient (Wildman–Crippen LogP) is 4.16. The topological polar surface area (TPSA) is 58.1 Å². The summed E-state index contributed by atoms with van der Waals surface area (Å²) in [5, 5.41) is 0.719. The normalized spacial score (nSPS) is 14.0. The number of methoxy groups -OCH3 is 1. The number of thiazole rings is 1. The molecule has 0 spiro atoms. The molecular weight excluding hydrogens is 460 g/mol. The Morgan fingerprint density at radius 3 is 2.55 bits per heavy atom. The van der Waals surface area contributed by atoms with Crippen LogP contribution in [0.5, 0.6) is 5.75 Å². The van der Waals surface area contributed by atoms with Crippen molar-refractivity contribution in [2.45, 2.75) is 6.42 Å². The predicted molar refractivity (Wildman–Crippen MR) is 138 cm³/mol. The molecule has 0 atom stereocenters. The number of anilines is 2. The summed E-state index contributed by atoms with van der Waals surface area (Å²) in [5.74, 6) is 0.738. The first kappa shape index (κ1) is 25.2. The van der Waals surface area contributed by atoms with E-state index in [4.69, 9.17) is 14.5 Å². The number of morpholine rings is 1. The van der Waals surface area contributed by atoms with Gasteiger partial charge in [0.1, 0.15) is 5.75 Å². The number of carbonyl (C=O) groups is 1. The van der Waals surface area contributed by atoms with Gasteiger partial charge in [-0.2, -0.15) is 0 Å². The molecule has 1 aliphatic rings. The van der Waals surface area contributed by atoms with E-state index in [1.54, 1.807) is 7.11 Å². The van der Waals surface area contributed by atoms with Crippen LogP contribution in [0.1, 0.15) is 16.8 Å². The van der Waals surface area contributed by atoms with Crippen LogP contribution in [0.4, 0.5) is 10.8 Å². The summed E-state index contributed by atoms with van der Waals surface area (Å²) in [4.78, 5) is 24.5. The molecule has 0 unspecified atom stereocenters. The first-order valence-electron chi connectivity index (χ1n) is 10.9. The van der Waals surface area contributed by atoms with E-state index in [1.807, 2.05) is 66.4 Å². The third-order valence-electron chi connectivity index (χ3n) is 5.65. The second kappa shape index (κ2) is 11.7. The van der Waals surface area contributed by atoms with Gasteiger partial charge in [0.2, 0.25) is 0 Å². The van der Waals surface area contributed by atoms with Crippen LogP contribution in [0, 0.1) is 0 Å². The van der Waals surface area contributed by atoms with Gasteiger partial charge in [-0.05, 0) is 42.8 Å². The minimum Gasteiger partial charge on any atom is -0.497 e. The van der Waals surface area contributed by atoms with E-state index >= 15 is 0 Å². The number of nitrogens with zero attached hydrogens (tertiary/aromatic N) is 4. The summed E-state index contributed by atoms with van der Waals surface area (Å²) < 4.78 is 11.8. The Morgan fingerprint density at radius 1 is 1.15 bits per heavy atom. The van der Waals surface area contributed by atoms with Crippen LogP contribution in [0.2, 0.25) is 0 Å². The molecule has 3 aromatic rings. The monoisotopic (exact) mass is 490 g/mol. The van der Waals surface area contributed by atoms with Crippen molar-refractivity contribution in [2.75, 3.05) is 70.4 Å². The summed E-state index contributed by atoms with van der Waals surface area (Å²) in [7, 11) is 5.63. The molecule has 0 aliphatic carbocycles. The van der Waals surface area contributed by atoms with E-state index in [2.05, 4.69) is 4.90 Å². The second-order valence-corrected chi connectivity index (χ2v) is 9.04. The number of halogens is 1. The number of benzene rings is 2. The standard InChI is InChI=1S/C24H30N4O3S.ClH/c1-26(2)19-7-5-18(6-8-19)23(29)28(12-4-11-27-13-15-31-16-14-27)24-25-21-17-20(30-3)9-10-22(21)32-24;/h5-10,17H,4,11-16H2,1-3H3;1H. The fourth-order valence-electron chi connectivity index (χ4n) is 3.76. The maximum atomic E-state index is 13.5. The van der Waals surface area contributed by atoms with Crippen molar-refractivity contribution in [2.24, 2.45) is 0 Å². The van der Waals surface area contributed by atoms with Crippen LogP contribution in [-0.4, -0.2) is 76.4 Å². The fourth-order valence-corrected chi connectivity index (χ4v) is 4.73. The Morgan fingerprint density at radius 2 is 1.88 bits per heavy atom. The zero-order chi connectivity index (χ0) is 22.5. The van der Waals surface area contributed by atoms with Crippen molar-refractivity contribution in [3.8, 4) is 5.75 Å². The van der Waals surface area contributed by atoms with Gasteiger partial charge in [-0.25, -0.2) is 4.98 Å². The highest BCUT2D eigenvalue weighted by atomic mass is 35.5. The molecule has 4 rings (SSSR count). The van der Waals surface area contributed by atoms with Gasteiger partial charge in [0.15, 0.2) is 5.13 Å². The molecule has 0 bridgehead atoms. The van der Waals surface area contributed by atoms with Crippen molar-refractivity contribution >= 4 is 50.7 Å². The highest BCUT2D eigenvalue weighted by Gasteiger charge is 2.22. The third-order valence-corrected chi connectivity index (χ3v) is 6.71. The number of carbonyl (C=O) groups excluding carboxylic acids is 1. The van der Waals surface area contributed by atoms with Gasteiger partial charge in [0.25, 0.3) is 5.91 Å². The molecule has 1 aliphatic heterocycles. The molecule has 9 heteroatoms. The van der Waals surface area contributed by atoms with Gasteiger partial charge in [-0.15, -0.1) is 12.4 Å². The van der Waals surface area contributed by atoms with E-state index in [1.165, 1.54) is 11.3 Å². The molecule has 1 saturated heterocycles. The lowest BCUT2D eigenvalue weighted by Gasteiger charge is -2.27. The first-order valence-corrected chi connectivity index (χ1v) is 11.7. The Bertz CT molecular complexity index is 1050. The molecule has 2 heterocycles. The van der Waals surface area contributed by atoms with Gasteiger partial charge < -0.3 is 14.4 Å². The number of ether oxygens (including phenoxy) is 2. The molecule has 0 saturated carbocycles. The van der Waals surface area contributed by atoms with Crippen LogP contribution in [0.25, 0.3) is 10.2 Å². The van der Waals surface area contributed by atoms with E-state index in [0.29, 0.717) is 12.1 Å². The van der Waals surface area contributed by atoms with Gasteiger partial charge in [-0.3, -0.25) is 14.6 Å². The number of hydrogen-bond donors (Lipinski definition) is 0. The number of aromatic nitrogens is 1. The lowest BCUT2D eigenvalue weighted by atomic mass is 10.1. The summed E-state index contributed by atoms with van der Waals surface area (Å²) in [6.45, 7) is 5.00. The van der Waals surface area contributed by atoms with Gasteiger partial charge >= 0.3 is 0 Å². The average molecular weight is 491 g/mol. The molecule has 1 fully saturated rings. The minimum absolute atomic E-state index is 0. The van der Waals surface area contributed by atoms with Crippen LogP contribution in [0.15, 0.2) is 42.5 Å². The molecule has 0 radical (unpaired) electrons. The zero-order valence-corrected chi connectivity index (χ0v) is 21.0. The number of amides is 1. The van der Waals surface area contributed by atoms with Crippen LogP contribution < -0.4 is 14.5 Å². The zero-order valence-electron chi connectivity index (χ0n) is 19.3. The van der Waals surface area contributed by atoms with Crippen LogP contribution >= 0.6 is 23.7 Å². The molecular formula is C24H31ClN4O3S. The SMILES string of the molecule is COc1ccc2sc(N(CCCN3CCOCC3)C(=O)c3ccc(N(C)C)cc3)nc2c1.Cl. The Hall–Kier alpha value is -2.39. The van der Waals surface area contributed by atoms with E-state index in [0.717, 1.165) is 66.1 Å². The highest BCUT2D eigenvalue weighted by molar-refractivity contribution is 7.22. The second-order valence-electron chi connectivity index (χ2n) is 8.04. The Labute approximate surface area is 205 Å². The quantitative estimate of drug-likeness (QED) is 0.472. The first-order chi connectivity index (χ1) is 15.5. The Balaban J connectivity index is 0.00000306. The van der Waals surface area contributed by atoms with Crippen molar-refractivity contribution in [3.05, 3.63) is 48.0 Å². The molecule has 178 valence electrons. The number of hydrogen-bond acceptors (Lipinski definition) is 7. The molecule has 2 aromatic carbocycles. The maximum Gasteiger partial charge on any atom is 0.260 e. The van der Waals surface area contributed by atoms with Crippen molar-refractivity contribution < 1.29 is 14.3 Å². The third kappa shape index (κ3) is 6.14. The largest absolute Gasteiger partial charge is 0.497 e. The number of rotatable bonds is 8. The summed E-state index contributed by atoms with van der Waals surface area (Å²) >= 11 is 1.54. The summed E-state index contributed by atoms with van der Waals surface area (Å²) in [6.07, 6.45) is 0.876. The molecule has 33 heavy (non-hydrogen) atoms. The summed E-state index contributed by atoms with van der Waals surface area (Å²) in [6, 6.07) is 13.6. The van der Waals surface area contributed by atoms with E-state index in [-0.39, 0.29) is 18.3 Å². The van der Waals surface area contributed by atoms with E-state index in [9.17, 15) is 4.79 Å². The van der Waals surface area contributed by atoms with Gasteiger partial charge in [0.05, 0.1) is 30.5 Å². The van der Waals surface area contributed by atoms with E-state index < -0.39 is 0 Å². The molecule has 0 N–H and O–H groups in total. The maximum absolute atomic E-state index is 13.5. The lowest BCUT2D eigenvalue weighted by Crippen LogP contribution is -2.39. The van der Waals surface area contributed by atoms with Crippen molar-refractivity contribution in [1.82, 2.24) is 9.88 Å². The molecule has 1 amide bonds. The minimum atomic E-state index is -0.0247. The van der Waals surface area contributed by atoms with Crippen molar-refractivity contribution in [3.63, 3.8) is 0 Å². The highest BCUT2D eigenvalue weighted by Crippen LogP contribution is 2.32. The van der Waals surface area contributed by atoms with Crippen LogP contribution in [0.3, 0.4) is 0 Å². The summed E-state index contributed by atoms with van der Waals surface area (Å²) in [5.41, 5.74) is 2.57. The fraction of sp³-hybridized carbons (Fsp3) is 0.417. The lowest BCUT2D eigenvalue weighted by molar-refractivity contribution is 0.0376. The molecule has 7 nitrogen and oxygen atoms in total. The van der Waals surface area contributed by atoms with Crippen molar-refractivity contribution in [1.29, 1.82) is 0 Å². The number of fused-ring (bicyclic) bond motifs is 1. The van der Waals surface area contributed by atoms with Gasteiger partial charge in [0, 0.05) is 57.6 Å². The Kier molecular flexibility index (Phi) is 8.91. The average Bonchev–Trinajstić information content (AvgIpc) is 3.25. The smallest absolute Gasteiger partial charge is 0.260 e. The van der Waals surface area contributed by atoms with Gasteiger partial charge in [-0.1, -0.05) is 11.3 Å². The molecule has 1 aromatic heterocycles. The van der Waals surface area contributed by atoms with Crippen LogP contribution in [-0.2, 0) is 4.74 Å².